The predicted octanol–water partition coefficient (Wildman–Crippen LogP) is 4.20. The Morgan fingerprint density at radius 3 is 2.80 bits per heavy atom. The van der Waals surface area contributed by atoms with Crippen LogP contribution < -0.4 is 5.73 Å². The number of halogens is 2. The molecule has 1 atom stereocenters. The van der Waals surface area contributed by atoms with Gasteiger partial charge in [-0.1, -0.05) is 31.9 Å². The molecule has 1 aromatic rings. The molecule has 15 heavy (non-hydrogen) atoms. The molecular formula is C11H15ClFNS. The molecule has 0 bridgehead atoms. The van der Waals surface area contributed by atoms with Gasteiger partial charge in [-0.05, 0) is 18.1 Å². The second-order valence-electron chi connectivity index (χ2n) is 3.63. The third kappa shape index (κ3) is 3.58. The molecule has 0 amide bonds. The van der Waals surface area contributed by atoms with Gasteiger partial charge in [0.05, 0.1) is 5.02 Å². The first-order valence-electron chi connectivity index (χ1n) is 4.92. The number of thioether (sulfide) groups is 1. The summed E-state index contributed by atoms with van der Waals surface area (Å²) in [6, 6.07) is 2.88. The summed E-state index contributed by atoms with van der Waals surface area (Å²) < 4.78 is 13.0. The van der Waals surface area contributed by atoms with Gasteiger partial charge in [-0.15, -0.1) is 11.8 Å². The summed E-state index contributed by atoms with van der Waals surface area (Å²) >= 11 is 7.32. The highest BCUT2D eigenvalue weighted by Gasteiger charge is 2.08. The maximum atomic E-state index is 13.0. The van der Waals surface area contributed by atoms with Crippen LogP contribution in [-0.2, 0) is 0 Å². The molecule has 0 fully saturated rings. The Morgan fingerprint density at radius 2 is 2.20 bits per heavy atom. The van der Waals surface area contributed by atoms with Crippen molar-refractivity contribution < 1.29 is 4.39 Å². The monoisotopic (exact) mass is 247 g/mol. The number of nitrogen functional groups attached to an aromatic ring is 1. The summed E-state index contributed by atoms with van der Waals surface area (Å²) in [5.41, 5.74) is 6.16. The van der Waals surface area contributed by atoms with Gasteiger partial charge in [0, 0.05) is 16.3 Å². The zero-order valence-electron chi connectivity index (χ0n) is 8.89. The van der Waals surface area contributed by atoms with Crippen molar-refractivity contribution in [2.45, 2.75) is 25.2 Å². The van der Waals surface area contributed by atoms with Crippen LogP contribution >= 0.6 is 23.4 Å². The van der Waals surface area contributed by atoms with Gasteiger partial charge < -0.3 is 5.73 Å². The number of rotatable bonds is 4. The van der Waals surface area contributed by atoms with Crippen LogP contribution in [0.5, 0.6) is 0 Å². The Kier molecular flexibility index (Phi) is 4.74. The van der Waals surface area contributed by atoms with E-state index < -0.39 is 5.82 Å². The quantitative estimate of drug-likeness (QED) is 0.638. The van der Waals surface area contributed by atoms with Crippen molar-refractivity contribution in [1.82, 2.24) is 0 Å². The molecule has 84 valence electrons. The van der Waals surface area contributed by atoms with Gasteiger partial charge in [0.2, 0.25) is 0 Å². The minimum absolute atomic E-state index is 0.135. The smallest absolute Gasteiger partial charge is 0.143 e. The lowest BCUT2D eigenvalue weighted by Gasteiger charge is -2.10. The highest BCUT2D eigenvalue weighted by atomic mass is 35.5. The minimum Gasteiger partial charge on any atom is -0.398 e. The van der Waals surface area contributed by atoms with Crippen LogP contribution in [0, 0.1) is 11.7 Å². The number of hydrogen-bond donors (Lipinski definition) is 1. The second-order valence-corrected chi connectivity index (χ2v) is 5.10. The molecule has 0 radical (unpaired) electrons. The van der Waals surface area contributed by atoms with E-state index in [1.807, 2.05) is 0 Å². The molecule has 0 saturated heterocycles. The van der Waals surface area contributed by atoms with E-state index in [2.05, 4.69) is 13.8 Å². The van der Waals surface area contributed by atoms with E-state index in [0.717, 1.165) is 17.1 Å². The lowest BCUT2D eigenvalue weighted by Crippen LogP contribution is -1.97. The lowest BCUT2D eigenvalue weighted by atomic mass is 10.2. The highest BCUT2D eigenvalue weighted by molar-refractivity contribution is 7.99. The van der Waals surface area contributed by atoms with Crippen molar-refractivity contribution in [3.8, 4) is 0 Å². The van der Waals surface area contributed by atoms with Gasteiger partial charge in [0.15, 0.2) is 0 Å². The fourth-order valence-corrected chi connectivity index (χ4v) is 2.37. The first-order valence-corrected chi connectivity index (χ1v) is 6.28. The SMILES string of the molecule is CCC(C)CSc1cc(Cl)c(F)cc1N. The van der Waals surface area contributed by atoms with Crippen molar-refractivity contribution in [3.05, 3.63) is 23.0 Å². The zero-order chi connectivity index (χ0) is 11.4. The molecule has 0 aliphatic heterocycles. The van der Waals surface area contributed by atoms with E-state index in [9.17, 15) is 4.39 Å². The molecule has 0 heterocycles. The third-order valence-corrected chi connectivity index (χ3v) is 3.96. The van der Waals surface area contributed by atoms with Gasteiger partial charge in [-0.25, -0.2) is 4.39 Å². The fourth-order valence-electron chi connectivity index (χ4n) is 1.02. The maximum Gasteiger partial charge on any atom is 0.143 e. The Bertz CT molecular complexity index is 344. The zero-order valence-corrected chi connectivity index (χ0v) is 10.5. The summed E-state index contributed by atoms with van der Waals surface area (Å²) in [4.78, 5) is 0.863. The van der Waals surface area contributed by atoms with Gasteiger partial charge >= 0.3 is 0 Å². The number of benzene rings is 1. The van der Waals surface area contributed by atoms with Crippen LogP contribution in [0.3, 0.4) is 0 Å². The summed E-state index contributed by atoms with van der Waals surface area (Å²) in [6.07, 6.45) is 1.13. The molecule has 2 N–H and O–H groups in total. The molecule has 0 spiro atoms. The van der Waals surface area contributed by atoms with E-state index >= 15 is 0 Å². The molecule has 0 aliphatic carbocycles. The van der Waals surface area contributed by atoms with Crippen molar-refractivity contribution in [2.75, 3.05) is 11.5 Å². The fraction of sp³-hybridized carbons (Fsp3) is 0.455. The van der Waals surface area contributed by atoms with E-state index in [1.165, 1.54) is 6.07 Å². The number of nitrogens with two attached hydrogens (primary N) is 1. The van der Waals surface area contributed by atoms with E-state index in [0.29, 0.717) is 11.6 Å². The van der Waals surface area contributed by atoms with Gasteiger partial charge in [-0.2, -0.15) is 0 Å². The molecular weight excluding hydrogens is 233 g/mol. The molecule has 1 aromatic carbocycles. The predicted molar refractivity (Wildman–Crippen MR) is 66.0 cm³/mol. The van der Waals surface area contributed by atoms with Crippen LogP contribution in [0.4, 0.5) is 10.1 Å². The van der Waals surface area contributed by atoms with Crippen LogP contribution in [0.1, 0.15) is 20.3 Å². The highest BCUT2D eigenvalue weighted by Crippen LogP contribution is 2.31. The molecule has 1 rings (SSSR count). The average Bonchev–Trinajstić information content (AvgIpc) is 2.21. The number of anilines is 1. The summed E-state index contributed by atoms with van der Waals surface area (Å²) in [7, 11) is 0. The molecule has 1 unspecified atom stereocenters. The molecule has 1 nitrogen and oxygen atoms in total. The average molecular weight is 248 g/mol. The van der Waals surface area contributed by atoms with Gasteiger partial charge in [0.1, 0.15) is 5.82 Å². The van der Waals surface area contributed by atoms with Crippen molar-refractivity contribution in [3.63, 3.8) is 0 Å². The van der Waals surface area contributed by atoms with Crippen molar-refractivity contribution in [1.29, 1.82) is 0 Å². The Balaban J connectivity index is 2.73. The lowest BCUT2D eigenvalue weighted by molar-refractivity contribution is 0.627. The topological polar surface area (TPSA) is 26.0 Å². The molecule has 0 aliphatic rings. The second kappa shape index (κ2) is 5.61. The molecule has 0 saturated carbocycles. The van der Waals surface area contributed by atoms with Crippen LogP contribution in [0.2, 0.25) is 5.02 Å². The van der Waals surface area contributed by atoms with Crippen LogP contribution in [-0.4, -0.2) is 5.75 Å². The first kappa shape index (κ1) is 12.7. The van der Waals surface area contributed by atoms with Crippen molar-refractivity contribution in [2.24, 2.45) is 5.92 Å². The Labute approximate surface area is 99.2 Å². The largest absolute Gasteiger partial charge is 0.398 e. The minimum atomic E-state index is -0.456. The van der Waals surface area contributed by atoms with E-state index in [4.69, 9.17) is 17.3 Å². The summed E-state index contributed by atoms with van der Waals surface area (Å²) in [6.45, 7) is 4.32. The van der Waals surface area contributed by atoms with Gasteiger partial charge in [0.25, 0.3) is 0 Å². The Hall–Kier alpha value is -0.410. The van der Waals surface area contributed by atoms with Crippen molar-refractivity contribution >= 4 is 29.1 Å². The number of hydrogen-bond acceptors (Lipinski definition) is 2. The molecule has 0 aromatic heterocycles. The van der Waals surface area contributed by atoms with E-state index in [-0.39, 0.29) is 5.02 Å². The maximum absolute atomic E-state index is 13.0. The van der Waals surface area contributed by atoms with Crippen LogP contribution in [0.25, 0.3) is 0 Å². The molecule has 4 heteroatoms. The van der Waals surface area contributed by atoms with Crippen LogP contribution in [0.15, 0.2) is 17.0 Å². The normalized spacial score (nSPS) is 12.8. The van der Waals surface area contributed by atoms with Gasteiger partial charge in [-0.3, -0.25) is 0 Å². The Morgan fingerprint density at radius 1 is 1.53 bits per heavy atom. The first-order chi connectivity index (χ1) is 7.04. The standard InChI is InChI=1S/C11H15ClFNS/c1-3-7(2)6-15-11-4-8(12)9(13)5-10(11)14/h4-5,7H,3,6,14H2,1-2H3. The summed E-state index contributed by atoms with van der Waals surface area (Å²) in [5.74, 6) is 1.14. The third-order valence-electron chi connectivity index (χ3n) is 2.27. The summed E-state index contributed by atoms with van der Waals surface area (Å²) in [5, 5.41) is 0.135. The van der Waals surface area contributed by atoms with E-state index in [1.54, 1.807) is 17.8 Å².